The van der Waals surface area contributed by atoms with Crippen molar-refractivity contribution in [3.8, 4) is 0 Å². The minimum absolute atomic E-state index is 0.0776. The van der Waals surface area contributed by atoms with Crippen LogP contribution >= 0.6 is 11.3 Å². The Morgan fingerprint density at radius 3 is 2.92 bits per heavy atom. The average molecular weight is 372 g/mol. The molecule has 0 spiro atoms. The topological polar surface area (TPSA) is 103 Å². The van der Waals surface area contributed by atoms with E-state index in [1.807, 2.05) is 6.07 Å². The van der Waals surface area contributed by atoms with E-state index < -0.39 is 5.97 Å². The quantitative estimate of drug-likeness (QED) is 0.664. The number of amides is 1. The monoisotopic (exact) mass is 372 g/mol. The number of aromatic nitrogens is 3. The first kappa shape index (κ1) is 17.7. The highest BCUT2D eigenvalue weighted by Gasteiger charge is 2.13. The molecule has 0 fully saturated rings. The van der Waals surface area contributed by atoms with Gasteiger partial charge in [0.25, 0.3) is 5.56 Å². The second-order valence-corrected chi connectivity index (χ2v) is 6.17. The van der Waals surface area contributed by atoms with Crippen molar-refractivity contribution in [2.45, 2.75) is 19.9 Å². The summed E-state index contributed by atoms with van der Waals surface area (Å²) in [4.78, 5) is 44.2. The van der Waals surface area contributed by atoms with E-state index in [0.29, 0.717) is 16.0 Å². The molecular weight excluding hydrogens is 356 g/mol. The summed E-state index contributed by atoms with van der Waals surface area (Å²) in [5.74, 6) is -0.840. The lowest BCUT2D eigenvalue weighted by atomic mass is 10.2. The van der Waals surface area contributed by atoms with Gasteiger partial charge in [-0.3, -0.25) is 14.2 Å². The largest absolute Gasteiger partial charge is 0.461 e. The first-order valence-corrected chi connectivity index (χ1v) is 8.83. The predicted molar refractivity (Wildman–Crippen MR) is 97.3 cm³/mol. The number of hydrogen-bond donors (Lipinski definition) is 1. The predicted octanol–water partition coefficient (Wildman–Crippen LogP) is 2.06. The molecule has 1 N–H and O–H groups in total. The van der Waals surface area contributed by atoms with E-state index in [2.05, 4.69) is 15.3 Å². The van der Waals surface area contributed by atoms with E-state index in [4.69, 9.17) is 4.74 Å². The molecule has 134 valence electrons. The van der Waals surface area contributed by atoms with Crippen LogP contribution in [0.3, 0.4) is 0 Å². The fourth-order valence-corrected chi connectivity index (χ4v) is 3.00. The third-order valence-electron chi connectivity index (χ3n) is 3.55. The summed E-state index contributed by atoms with van der Waals surface area (Å²) < 4.78 is 6.24. The first-order valence-electron chi connectivity index (χ1n) is 7.95. The van der Waals surface area contributed by atoms with Gasteiger partial charge in [-0.05, 0) is 19.1 Å². The van der Waals surface area contributed by atoms with Crippen molar-refractivity contribution in [3.63, 3.8) is 0 Å². The molecule has 0 aliphatic heterocycles. The maximum Gasteiger partial charge on any atom is 0.357 e. The number of thiazole rings is 1. The molecule has 0 unspecified atom stereocenters. The average Bonchev–Trinajstić information content (AvgIpc) is 3.10. The van der Waals surface area contributed by atoms with E-state index in [0.717, 1.165) is 11.3 Å². The van der Waals surface area contributed by atoms with Crippen molar-refractivity contribution in [2.75, 3.05) is 11.9 Å². The van der Waals surface area contributed by atoms with E-state index in [9.17, 15) is 14.4 Å². The van der Waals surface area contributed by atoms with Gasteiger partial charge in [-0.2, -0.15) is 0 Å². The maximum atomic E-state index is 12.4. The molecular formula is C17H16N4O4S. The van der Waals surface area contributed by atoms with Crippen LogP contribution in [-0.2, 0) is 16.1 Å². The lowest BCUT2D eigenvalue weighted by molar-refractivity contribution is -0.116. The normalized spacial score (nSPS) is 10.7. The molecule has 3 rings (SSSR count). The Morgan fingerprint density at radius 1 is 1.31 bits per heavy atom. The number of rotatable bonds is 6. The number of ether oxygens (including phenoxy) is 1. The van der Waals surface area contributed by atoms with Crippen molar-refractivity contribution in [1.82, 2.24) is 14.5 Å². The van der Waals surface area contributed by atoms with Gasteiger partial charge in [0, 0.05) is 18.3 Å². The van der Waals surface area contributed by atoms with E-state index in [1.165, 1.54) is 16.3 Å². The first-order chi connectivity index (χ1) is 12.6. The van der Waals surface area contributed by atoms with Crippen molar-refractivity contribution in [2.24, 2.45) is 0 Å². The number of esters is 1. The van der Waals surface area contributed by atoms with Crippen LogP contribution < -0.4 is 10.9 Å². The van der Waals surface area contributed by atoms with E-state index >= 15 is 0 Å². The molecule has 0 saturated heterocycles. The fraction of sp³-hybridized carbons (Fsp3) is 0.235. The molecule has 8 nitrogen and oxygen atoms in total. The van der Waals surface area contributed by atoms with Crippen LogP contribution in [0.5, 0.6) is 0 Å². The number of nitrogens with zero attached hydrogens (tertiary/aromatic N) is 3. The molecule has 0 atom stereocenters. The molecule has 0 aliphatic rings. The number of fused-ring (bicyclic) bond motifs is 1. The Balaban J connectivity index is 1.62. The number of para-hydroxylation sites is 1. The zero-order chi connectivity index (χ0) is 18.5. The molecule has 0 bridgehead atoms. The summed E-state index contributed by atoms with van der Waals surface area (Å²) in [5, 5.41) is 4.95. The Labute approximate surface area is 152 Å². The van der Waals surface area contributed by atoms with E-state index in [-0.39, 0.29) is 36.7 Å². The van der Waals surface area contributed by atoms with Crippen LogP contribution in [0.15, 0.2) is 40.8 Å². The van der Waals surface area contributed by atoms with Gasteiger partial charge in [0.05, 0.1) is 23.8 Å². The highest BCUT2D eigenvalue weighted by atomic mass is 32.1. The van der Waals surface area contributed by atoms with Crippen LogP contribution in [0.2, 0.25) is 0 Å². The fourth-order valence-electron chi connectivity index (χ4n) is 2.30. The summed E-state index contributed by atoms with van der Waals surface area (Å²) in [6, 6.07) is 7.04. The molecule has 3 aromatic rings. The van der Waals surface area contributed by atoms with Gasteiger partial charge >= 0.3 is 5.97 Å². The molecule has 0 saturated carbocycles. The van der Waals surface area contributed by atoms with Gasteiger partial charge in [0.2, 0.25) is 5.91 Å². The highest BCUT2D eigenvalue weighted by molar-refractivity contribution is 7.14. The Hall–Kier alpha value is -3.07. The minimum atomic E-state index is -0.530. The zero-order valence-corrected chi connectivity index (χ0v) is 14.8. The van der Waals surface area contributed by atoms with Gasteiger partial charge in [0.15, 0.2) is 10.8 Å². The van der Waals surface area contributed by atoms with Gasteiger partial charge in [-0.15, -0.1) is 11.3 Å². The number of benzene rings is 1. The number of hydrogen-bond acceptors (Lipinski definition) is 7. The summed E-state index contributed by atoms with van der Waals surface area (Å²) in [6.45, 7) is 2.15. The van der Waals surface area contributed by atoms with Crippen LogP contribution in [-0.4, -0.2) is 33.0 Å². The van der Waals surface area contributed by atoms with E-state index in [1.54, 1.807) is 25.1 Å². The molecule has 0 aliphatic carbocycles. The van der Waals surface area contributed by atoms with Gasteiger partial charge in [0.1, 0.15) is 0 Å². The second-order valence-electron chi connectivity index (χ2n) is 5.32. The van der Waals surface area contributed by atoms with Crippen LogP contribution in [0.4, 0.5) is 5.13 Å². The molecule has 9 heteroatoms. The molecule has 26 heavy (non-hydrogen) atoms. The Morgan fingerprint density at radius 2 is 2.12 bits per heavy atom. The smallest absolute Gasteiger partial charge is 0.357 e. The molecule has 1 amide bonds. The summed E-state index contributed by atoms with van der Waals surface area (Å²) in [7, 11) is 0. The number of anilines is 1. The Kier molecular flexibility index (Phi) is 5.37. The lowest BCUT2D eigenvalue weighted by Gasteiger charge is -2.06. The van der Waals surface area contributed by atoms with Crippen LogP contribution in [0, 0.1) is 0 Å². The standard InChI is InChI=1S/C17H16N4O4S/c1-2-25-16(24)13-9-26-17(19-13)20-14(22)7-8-21-10-18-12-6-4-3-5-11(12)15(21)23/h3-6,9-10H,2,7-8H2,1H3,(H,19,20,22). The van der Waals surface area contributed by atoms with Crippen molar-refractivity contribution in [3.05, 3.63) is 52.0 Å². The summed E-state index contributed by atoms with van der Waals surface area (Å²) >= 11 is 1.13. The third kappa shape index (κ3) is 3.94. The zero-order valence-electron chi connectivity index (χ0n) is 14.0. The van der Waals surface area contributed by atoms with Crippen LogP contribution in [0.25, 0.3) is 10.9 Å². The lowest BCUT2D eigenvalue weighted by Crippen LogP contribution is -2.23. The van der Waals surface area contributed by atoms with Crippen molar-refractivity contribution >= 4 is 39.2 Å². The van der Waals surface area contributed by atoms with Crippen molar-refractivity contribution in [1.29, 1.82) is 0 Å². The summed E-state index contributed by atoms with van der Waals surface area (Å²) in [6.07, 6.45) is 1.51. The molecule has 0 radical (unpaired) electrons. The molecule has 2 aromatic heterocycles. The minimum Gasteiger partial charge on any atom is -0.461 e. The number of nitrogens with one attached hydrogen (secondary N) is 1. The Bertz CT molecular complexity index is 1010. The van der Waals surface area contributed by atoms with Crippen LogP contribution in [0.1, 0.15) is 23.8 Å². The van der Waals surface area contributed by atoms with Gasteiger partial charge < -0.3 is 10.1 Å². The SMILES string of the molecule is CCOC(=O)c1csc(NC(=O)CCn2cnc3ccccc3c2=O)n1. The maximum absolute atomic E-state index is 12.4. The molecule has 2 heterocycles. The van der Waals surface area contributed by atoms with Gasteiger partial charge in [-0.1, -0.05) is 12.1 Å². The highest BCUT2D eigenvalue weighted by Crippen LogP contribution is 2.16. The summed E-state index contributed by atoms with van der Waals surface area (Å²) in [5.41, 5.74) is 0.580. The molecule has 1 aromatic carbocycles. The second kappa shape index (κ2) is 7.87. The van der Waals surface area contributed by atoms with Crippen molar-refractivity contribution < 1.29 is 14.3 Å². The number of carbonyl (C=O) groups excluding carboxylic acids is 2. The third-order valence-corrected chi connectivity index (χ3v) is 4.30. The number of carbonyl (C=O) groups is 2. The van der Waals surface area contributed by atoms with Gasteiger partial charge in [-0.25, -0.2) is 14.8 Å². The number of aryl methyl sites for hydroxylation is 1.